The molecule has 0 bridgehead atoms. The zero-order valence-electron chi connectivity index (χ0n) is 9.64. The van der Waals surface area contributed by atoms with E-state index in [-0.39, 0.29) is 0 Å². The maximum atomic E-state index is 5.73. The van der Waals surface area contributed by atoms with Gasteiger partial charge in [-0.15, -0.1) is 10.2 Å². The van der Waals surface area contributed by atoms with Gasteiger partial charge in [0.25, 0.3) is 0 Å². The third-order valence-electron chi connectivity index (χ3n) is 2.57. The van der Waals surface area contributed by atoms with Crippen molar-refractivity contribution in [1.82, 2.24) is 14.8 Å². The number of rotatable bonds is 3. The molecule has 0 unspecified atom stereocenters. The number of nitrogens with two attached hydrogens (primary N) is 1. The maximum Gasteiger partial charge on any atom is 0.164 e. The molecule has 2 N–H and O–H groups in total. The number of hydrogen-bond donors (Lipinski definition) is 1. The Morgan fingerprint density at radius 2 is 2.19 bits per heavy atom. The quantitative estimate of drug-likeness (QED) is 0.800. The van der Waals surface area contributed by atoms with Gasteiger partial charge >= 0.3 is 0 Å². The molecule has 2 rings (SSSR count). The Morgan fingerprint density at radius 1 is 1.38 bits per heavy atom. The van der Waals surface area contributed by atoms with Crippen LogP contribution in [0, 0.1) is 6.92 Å². The summed E-state index contributed by atoms with van der Waals surface area (Å²) >= 11 is 0. The highest BCUT2D eigenvalue weighted by Gasteiger charge is 2.09. The summed E-state index contributed by atoms with van der Waals surface area (Å²) in [5, 5.41) is 8.13. The van der Waals surface area contributed by atoms with Gasteiger partial charge in [0.15, 0.2) is 5.82 Å². The highest BCUT2D eigenvalue weighted by molar-refractivity contribution is 5.63. The summed E-state index contributed by atoms with van der Waals surface area (Å²) in [4.78, 5) is 0. The normalized spacial score (nSPS) is 10.6. The van der Waals surface area contributed by atoms with Crippen molar-refractivity contribution in [3.05, 3.63) is 30.1 Å². The fourth-order valence-electron chi connectivity index (χ4n) is 1.81. The van der Waals surface area contributed by atoms with E-state index in [1.54, 1.807) is 6.33 Å². The van der Waals surface area contributed by atoms with Gasteiger partial charge in [-0.1, -0.05) is 6.92 Å². The van der Waals surface area contributed by atoms with E-state index in [4.69, 9.17) is 5.73 Å². The highest BCUT2D eigenvalue weighted by atomic mass is 15.3. The smallest absolute Gasteiger partial charge is 0.164 e. The van der Waals surface area contributed by atoms with Gasteiger partial charge in [-0.2, -0.15) is 0 Å². The molecule has 84 valence electrons. The fourth-order valence-corrected chi connectivity index (χ4v) is 1.81. The molecular formula is C12H16N4. The first kappa shape index (κ1) is 10.7. The first-order valence-corrected chi connectivity index (χ1v) is 5.46. The van der Waals surface area contributed by atoms with Gasteiger partial charge < -0.3 is 10.3 Å². The molecule has 4 heteroatoms. The van der Waals surface area contributed by atoms with Gasteiger partial charge in [0.1, 0.15) is 6.33 Å². The molecule has 0 aliphatic heterocycles. The largest absolute Gasteiger partial charge is 0.399 e. The number of nitrogens with zero attached hydrogens (tertiary/aromatic N) is 3. The van der Waals surface area contributed by atoms with E-state index >= 15 is 0 Å². The van der Waals surface area contributed by atoms with Crippen molar-refractivity contribution in [2.75, 3.05) is 5.73 Å². The maximum absolute atomic E-state index is 5.73. The molecule has 0 aliphatic rings. The van der Waals surface area contributed by atoms with Crippen LogP contribution in [0.15, 0.2) is 24.5 Å². The predicted molar refractivity (Wildman–Crippen MR) is 64.9 cm³/mol. The molecule has 1 aromatic carbocycles. The molecule has 0 spiro atoms. The second kappa shape index (κ2) is 4.35. The monoisotopic (exact) mass is 216 g/mol. The Hall–Kier alpha value is -1.84. The topological polar surface area (TPSA) is 56.7 Å². The summed E-state index contributed by atoms with van der Waals surface area (Å²) in [6, 6.07) is 5.86. The molecule has 4 nitrogen and oxygen atoms in total. The minimum atomic E-state index is 0.780. The van der Waals surface area contributed by atoms with Gasteiger partial charge in [-0.3, -0.25) is 0 Å². The molecule has 0 fully saturated rings. The Labute approximate surface area is 95.1 Å². The van der Waals surface area contributed by atoms with Gasteiger partial charge in [0.05, 0.1) is 0 Å². The Morgan fingerprint density at radius 3 is 2.88 bits per heavy atom. The second-order valence-electron chi connectivity index (χ2n) is 3.92. The van der Waals surface area contributed by atoms with Crippen molar-refractivity contribution in [3.63, 3.8) is 0 Å². The summed E-state index contributed by atoms with van der Waals surface area (Å²) in [6.45, 7) is 5.11. The summed E-state index contributed by atoms with van der Waals surface area (Å²) in [5.74, 6) is 0.916. The molecule has 2 aromatic rings. The standard InChI is InChI=1S/C12H16N4/c1-3-6-16-8-14-15-12(16)11-5-4-10(13)7-9(11)2/h4-5,7-8H,3,6,13H2,1-2H3. The van der Waals surface area contributed by atoms with E-state index in [1.807, 2.05) is 25.1 Å². The van der Waals surface area contributed by atoms with E-state index < -0.39 is 0 Å². The number of aryl methyl sites for hydroxylation is 2. The van der Waals surface area contributed by atoms with Gasteiger partial charge in [0.2, 0.25) is 0 Å². The first-order chi connectivity index (χ1) is 7.72. The highest BCUT2D eigenvalue weighted by Crippen LogP contribution is 2.23. The van der Waals surface area contributed by atoms with Crippen LogP contribution >= 0.6 is 0 Å². The van der Waals surface area contributed by atoms with E-state index in [1.165, 1.54) is 0 Å². The summed E-state index contributed by atoms with van der Waals surface area (Å²) in [5.41, 5.74) is 8.74. The van der Waals surface area contributed by atoms with Crippen LogP contribution < -0.4 is 5.73 Å². The molecule has 0 amide bonds. The second-order valence-corrected chi connectivity index (χ2v) is 3.92. The molecule has 0 atom stereocenters. The van der Waals surface area contributed by atoms with Crippen molar-refractivity contribution in [2.24, 2.45) is 0 Å². The van der Waals surface area contributed by atoms with E-state index in [2.05, 4.69) is 21.7 Å². The van der Waals surface area contributed by atoms with Crippen LogP contribution in [-0.2, 0) is 6.54 Å². The van der Waals surface area contributed by atoms with Crippen LogP contribution in [0.5, 0.6) is 0 Å². The third kappa shape index (κ3) is 1.91. The molecular weight excluding hydrogens is 200 g/mol. The third-order valence-corrected chi connectivity index (χ3v) is 2.57. The minimum Gasteiger partial charge on any atom is -0.399 e. The van der Waals surface area contributed by atoms with Crippen molar-refractivity contribution in [2.45, 2.75) is 26.8 Å². The summed E-state index contributed by atoms with van der Waals surface area (Å²) in [6.07, 6.45) is 2.84. The Kier molecular flexibility index (Phi) is 2.90. The first-order valence-electron chi connectivity index (χ1n) is 5.46. The molecule has 0 aliphatic carbocycles. The number of hydrogen-bond acceptors (Lipinski definition) is 3. The molecule has 1 aromatic heterocycles. The van der Waals surface area contributed by atoms with Crippen LogP contribution in [0.1, 0.15) is 18.9 Å². The molecule has 1 heterocycles. The van der Waals surface area contributed by atoms with Crippen molar-refractivity contribution in [3.8, 4) is 11.4 Å². The van der Waals surface area contributed by atoms with Gasteiger partial charge in [-0.05, 0) is 37.1 Å². The van der Waals surface area contributed by atoms with Crippen molar-refractivity contribution < 1.29 is 0 Å². The zero-order chi connectivity index (χ0) is 11.5. The lowest BCUT2D eigenvalue weighted by atomic mass is 10.1. The fraction of sp³-hybridized carbons (Fsp3) is 0.333. The Balaban J connectivity index is 2.46. The average Bonchev–Trinajstić information content (AvgIpc) is 2.67. The summed E-state index contributed by atoms with van der Waals surface area (Å²) < 4.78 is 2.07. The molecule has 0 radical (unpaired) electrons. The minimum absolute atomic E-state index is 0.780. The SMILES string of the molecule is CCCn1cnnc1-c1ccc(N)cc1C. The summed E-state index contributed by atoms with van der Waals surface area (Å²) in [7, 11) is 0. The molecule has 0 saturated heterocycles. The lowest BCUT2D eigenvalue weighted by molar-refractivity contribution is 0.682. The van der Waals surface area contributed by atoms with Crippen LogP contribution in [-0.4, -0.2) is 14.8 Å². The lowest BCUT2D eigenvalue weighted by Crippen LogP contribution is -2.00. The van der Waals surface area contributed by atoms with E-state index in [9.17, 15) is 0 Å². The van der Waals surface area contributed by atoms with E-state index in [0.29, 0.717) is 0 Å². The number of benzene rings is 1. The van der Waals surface area contributed by atoms with Gasteiger partial charge in [0, 0.05) is 17.8 Å². The van der Waals surface area contributed by atoms with Crippen molar-refractivity contribution in [1.29, 1.82) is 0 Å². The zero-order valence-corrected chi connectivity index (χ0v) is 9.64. The van der Waals surface area contributed by atoms with Crippen LogP contribution in [0.4, 0.5) is 5.69 Å². The van der Waals surface area contributed by atoms with Crippen molar-refractivity contribution >= 4 is 5.69 Å². The molecule has 16 heavy (non-hydrogen) atoms. The van der Waals surface area contributed by atoms with E-state index in [0.717, 1.165) is 35.6 Å². The molecule has 0 saturated carbocycles. The number of nitrogen functional groups attached to an aromatic ring is 1. The van der Waals surface area contributed by atoms with Crippen LogP contribution in [0.2, 0.25) is 0 Å². The number of anilines is 1. The Bertz CT molecular complexity index is 488. The van der Waals surface area contributed by atoms with Crippen LogP contribution in [0.25, 0.3) is 11.4 Å². The lowest BCUT2D eigenvalue weighted by Gasteiger charge is -2.08. The predicted octanol–water partition coefficient (Wildman–Crippen LogP) is 2.25. The van der Waals surface area contributed by atoms with Crippen LogP contribution in [0.3, 0.4) is 0 Å². The average molecular weight is 216 g/mol. The van der Waals surface area contributed by atoms with Gasteiger partial charge in [-0.25, -0.2) is 0 Å². The number of aromatic nitrogens is 3.